The summed E-state index contributed by atoms with van der Waals surface area (Å²) in [6.07, 6.45) is 2.07. The molecule has 8 nitrogen and oxygen atoms in total. The third-order valence-corrected chi connectivity index (χ3v) is 6.84. The molecule has 0 bridgehead atoms. The first-order valence-electron chi connectivity index (χ1n) is 11.2. The van der Waals surface area contributed by atoms with Crippen molar-refractivity contribution in [2.24, 2.45) is 5.92 Å². The van der Waals surface area contributed by atoms with Crippen LogP contribution in [0.5, 0.6) is 0 Å². The average molecular weight is 510 g/mol. The van der Waals surface area contributed by atoms with Gasteiger partial charge >= 0.3 is 6.03 Å². The minimum Gasteiger partial charge on any atom is -0.359 e. The number of rotatable bonds is 5. The van der Waals surface area contributed by atoms with E-state index in [0.29, 0.717) is 40.9 Å². The molecule has 4 N–H and O–H groups in total. The first-order chi connectivity index (χ1) is 17.4. The Morgan fingerprint density at radius 2 is 1.72 bits per heavy atom. The van der Waals surface area contributed by atoms with Crippen molar-refractivity contribution >= 4 is 57.1 Å². The lowest BCUT2D eigenvalue weighted by atomic mass is 10.1. The van der Waals surface area contributed by atoms with Gasteiger partial charge in [-0.1, -0.05) is 0 Å². The molecule has 4 aromatic rings. The Bertz CT molecular complexity index is 1450. The zero-order chi connectivity index (χ0) is 25.2. The molecule has 1 fully saturated rings. The summed E-state index contributed by atoms with van der Waals surface area (Å²) in [6, 6.07) is 11.6. The molecule has 0 aliphatic carbocycles. The lowest BCUT2D eigenvalue weighted by Gasteiger charge is -2.16. The predicted octanol–water partition coefficient (Wildman–Crippen LogP) is 5.25. The molecule has 4 amide bonds. The molecule has 1 atom stereocenters. The Morgan fingerprint density at radius 1 is 0.972 bits per heavy atom. The fourth-order valence-electron chi connectivity index (χ4n) is 4.11. The molecule has 3 heterocycles. The number of anilines is 3. The molecule has 2 aromatic carbocycles. The van der Waals surface area contributed by atoms with Crippen LogP contribution in [0.2, 0.25) is 0 Å². The topological polar surface area (TPSA) is 106 Å². The fraction of sp³-hybridized carbons (Fsp3) is 0.160. The first-order valence-corrected chi connectivity index (χ1v) is 12.0. The second-order valence-electron chi connectivity index (χ2n) is 8.37. The second-order valence-corrected chi connectivity index (χ2v) is 9.29. The molecular weight excluding hydrogens is 488 g/mol. The first kappa shape index (κ1) is 23.5. The van der Waals surface area contributed by atoms with Crippen LogP contribution in [0.25, 0.3) is 10.9 Å². The number of hydrogen-bond donors (Lipinski definition) is 4. The summed E-state index contributed by atoms with van der Waals surface area (Å²) < 4.78 is 27.2. The smallest absolute Gasteiger partial charge is 0.323 e. The summed E-state index contributed by atoms with van der Waals surface area (Å²) in [7, 11) is 0. The Labute approximate surface area is 208 Å². The van der Waals surface area contributed by atoms with Gasteiger partial charge in [0, 0.05) is 41.6 Å². The highest BCUT2D eigenvalue weighted by molar-refractivity contribution is 7.12. The number of hydrogen-bond acceptors (Lipinski definition) is 4. The molecule has 1 aliphatic heterocycles. The third-order valence-electron chi connectivity index (χ3n) is 5.96. The SMILES string of the molecule is O=C(Nc1ccc(NC(=O)C2CCN(C(=O)c3sccc3F)C2)cc1)Nc1c[nH]c2ccc(F)cc12. The van der Waals surface area contributed by atoms with Crippen LogP contribution < -0.4 is 16.0 Å². The van der Waals surface area contributed by atoms with Crippen LogP contribution in [0.1, 0.15) is 16.1 Å². The Hall–Kier alpha value is -4.25. The van der Waals surface area contributed by atoms with Crippen LogP contribution in [0.3, 0.4) is 0 Å². The number of likely N-dealkylation sites (tertiary alicyclic amines) is 1. The van der Waals surface area contributed by atoms with Gasteiger partial charge < -0.3 is 25.8 Å². The van der Waals surface area contributed by atoms with E-state index in [0.717, 1.165) is 11.3 Å². The maximum atomic E-state index is 13.7. The Balaban J connectivity index is 1.14. The van der Waals surface area contributed by atoms with Crippen molar-refractivity contribution in [3.63, 3.8) is 0 Å². The normalized spacial score (nSPS) is 15.2. The minimum atomic E-state index is -0.546. The number of halogens is 2. The van der Waals surface area contributed by atoms with Crippen molar-refractivity contribution < 1.29 is 23.2 Å². The summed E-state index contributed by atoms with van der Waals surface area (Å²) in [4.78, 5) is 42.0. The molecule has 0 saturated carbocycles. The van der Waals surface area contributed by atoms with Gasteiger partial charge in [0.2, 0.25) is 5.91 Å². The number of aromatic amines is 1. The van der Waals surface area contributed by atoms with Crippen molar-refractivity contribution in [2.45, 2.75) is 6.42 Å². The van der Waals surface area contributed by atoms with Gasteiger partial charge in [-0.05, 0) is 60.3 Å². The largest absolute Gasteiger partial charge is 0.359 e. The van der Waals surface area contributed by atoms with Gasteiger partial charge in [-0.3, -0.25) is 9.59 Å². The van der Waals surface area contributed by atoms with E-state index in [4.69, 9.17) is 0 Å². The van der Waals surface area contributed by atoms with E-state index < -0.39 is 29.5 Å². The van der Waals surface area contributed by atoms with E-state index in [9.17, 15) is 23.2 Å². The maximum absolute atomic E-state index is 13.7. The number of H-pyrrole nitrogens is 1. The van der Waals surface area contributed by atoms with Gasteiger partial charge in [0.1, 0.15) is 16.5 Å². The van der Waals surface area contributed by atoms with Gasteiger partial charge in [0.15, 0.2) is 0 Å². The van der Waals surface area contributed by atoms with Crippen LogP contribution in [0.4, 0.5) is 30.6 Å². The molecule has 2 aromatic heterocycles. The number of benzene rings is 2. The highest BCUT2D eigenvalue weighted by Crippen LogP contribution is 2.26. The van der Waals surface area contributed by atoms with Gasteiger partial charge in [-0.25, -0.2) is 13.6 Å². The maximum Gasteiger partial charge on any atom is 0.323 e. The number of nitrogens with one attached hydrogen (secondary N) is 4. The highest BCUT2D eigenvalue weighted by Gasteiger charge is 2.32. The summed E-state index contributed by atoms with van der Waals surface area (Å²) in [5.74, 6) is -1.99. The molecule has 36 heavy (non-hydrogen) atoms. The third kappa shape index (κ3) is 4.91. The molecule has 11 heteroatoms. The average Bonchev–Trinajstić information content (AvgIpc) is 3.60. The molecule has 184 valence electrons. The molecule has 0 spiro atoms. The second kappa shape index (κ2) is 9.78. The molecule has 1 aliphatic rings. The number of carbonyl (C=O) groups is 3. The van der Waals surface area contributed by atoms with Crippen LogP contribution >= 0.6 is 11.3 Å². The van der Waals surface area contributed by atoms with Gasteiger partial charge in [-0.2, -0.15) is 0 Å². The monoisotopic (exact) mass is 509 g/mol. The van der Waals surface area contributed by atoms with Crippen LogP contribution in [0, 0.1) is 17.6 Å². The predicted molar refractivity (Wildman–Crippen MR) is 134 cm³/mol. The summed E-state index contributed by atoms with van der Waals surface area (Å²) >= 11 is 1.05. The quantitative estimate of drug-likeness (QED) is 0.295. The number of fused-ring (bicyclic) bond motifs is 1. The molecule has 1 saturated heterocycles. The summed E-state index contributed by atoms with van der Waals surface area (Å²) in [5, 5.41) is 10.3. The zero-order valence-electron chi connectivity index (χ0n) is 18.8. The van der Waals surface area contributed by atoms with E-state index in [1.54, 1.807) is 36.5 Å². The van der Waals surface area contributed by atoms with Crippen LogP contribution in [-0.4, -0.2) is 40.8 Å². The van der Waals surface area contributed by atoms with Crippen molar-refractivity contribution in [3.05, 3.63) is 76.6 Å². The van der Waals surface area contributed by atoms with Crippen molar-refractivity contribution in [1.29, 1.82) is 0 Å². The standard InChI is InChI=1S/C25H21F2N5O3S/c26-15-1-6-20-18(11-15)21(12-28-20)31-25(35)30-17-4-2-16(3-5-17)29-23(33)14-7-9-32(13-14)24(34)22-19(27)8-10-36-22/h1-6,8,10-12,14,28H,7,9,13H2,(H,29,33)(H2,30,31,35). The van der Waals surface area contributed by atoms with Crippen molar-refractivity contribution in [1.82, 2.24) is 9.88 Å². The lowest BCUT2D eigenvalue weighted by molar-refractivity contribution is -0.119. The molecule has 5 rings (SSSR count). The number of nitrogens with zero attached hydrogens (tertiary/aromatic N) is 1. The van der Waals surface area contributed by atoms with Crippen LogP contribution in [-0.2, 0) is 4.79 Å². The van der Waals surface area contributed by atoms with Gasteiger partial charge in [0.05, 0.1) is 11.6 Å². The number of urea groups is 1. The number of amides is 4. The Kier molecular flexibility index (Phi) is 6.38. The summed E-state index contributed by atoms with van der Waals surface area (Å²) in [6.45, 7) is 0.606. The van der Waals surface area contributed by atoms with E-state index in [-0.39, 0.29) is 17.3 Å². The van der Waals surface area contributed by atoms with E-state index >= 15 is 0 Å². The minimum absolute atomic E-state index is 0.0556. The molecule has 1 unspecified atom stereocenters. The van der Waals surface area contributed by atoms with Crippen molar-refractivity contribution in [3.8, 4) is 0 Å². The lowest BCUT2D eigenvalue weighted by Crippen LogP contribution is -2.31. The number of aromatic nitrogens is 1. The Morgan fingerprint density at radius 3 is 2.44 bits per heavy atom. The van der Waals surface area contributed by atoms with E-state index in [2.05, 4.69) is 20.9 Å². The summed E-state index contributed by atoms with van der Waals surface area (Å²) in [5.41, 5.74) is 2.16. The van der Waals surface area contributed by atoms with E-state index in [1.165, 1.54) is 28.5 Å². The van der Waals surface area contributed by atoms with E-state index in [1.807, 2.05) is 0 Å². The molecular formula is C25H21F2N5O3S. The van der Waals surface area contributed by atoms with Crippen LogP contribution in [0.15, 0.2) is 60.1 Å². The van der Waals surface area contributed by atoms with Crippen molar-refractivity contribution in [2.75, 3.05) is 29.0 Å². The van der Waals surface area contributed by atoms with Gasteiger partial charge in [0.25, 0.3) is 5.91 Å². The fourth-order valence-corrected chi connectivity index (χ4v) is 4.84. The highest BCUT2D eigenvalue weighted by atomic mass is 32.1. The molecule has 0 radical (unpaired) electrons. The number of carbonyl (C=O) groups excluding carboxylic acids is 3. The van der Waals surface area contributed by atoms with Gasteiger partial charge in [-0.15, -0.1) is 11.3 Å². The number of thiophene rings is 1. The zero-order valence-corrected chi connectivity index (χ0v) is 19.6.